The largest absolute Gasteiger partial charge is 0.314 e. The summed E-state index contributed by atoms with van der Waals surface area (Å²) in [7, 11) is 0. The van der Waals surface area contributed by atoms with E-state index < -0.39 is 0 Å². The summed E-state index contributed by atoms with van der Waals surface area (Å²) in [6.45, 7) is 9.31. The summed E-state index contributed by atoms with van der Waals surface area (Å²) >= 11 is 0. The first-order valence-electron chi connectivity index (χ1n) is 5.63. The molecule has 16 heavy (non-hydrogen) atoms. The minimum Gasteiger partial charge on any atom is -0.314 e. The number of aliphatic imine (C=N–C) groups is 1. The average Bonchev–Trinajstić information content (AvgIpc) is 2.19. The molecule has 1 aliphatic rings. The highest BCUT2D eigenvalue weighted by Crippen LogP contribution is 2.29. The Kier molecular flexibility index (Phi) is 2.72. The Balaban J connectivity index is 2.51. The van der Waals surface area contributed by atoms with Crippen molar-refractivity contribution in [2.75, 3.05) is 11.6 Å². The maximum absolute atomic E-state index is 4.30. The summed E-state index contributed by atoms with van der Waals surface area (Å²) in [6.07, 6.45) is 1.94. The molecule has 0 atom stereocenters. The zero-order valence-electron chi connectivity index (χ0n) is 10.4. The maximum Gasteiger partial charge on any atom is 0.0925 e. The van der Waals surface area contributed by atoms with Gasteiger partial charge in [-0.05, 0) is 38.8 Å². The fraction of sp³-hybridized carbons (Fsp3) is 0.462. The average molecular weight is 217 g/mol. The monoisotopic (exact) mass is 217 g/mol. The first kappa shape index (κ1) is 11.1. The number of nitrogens with zero attached hydrogens (tertiary/aromatic N) is 2. The molecule has 1 heterocycles. The van der Waals surface area contributed by atoms with Gasteiger partial charge in [0.2, 0.25) is 0 Å². The number of aryl methyl sites for hydroxylation is 2. The van der Waals surface area contributed by atoms with Crippen molar-refractivity contribution < 1.29 is 0 Å². The van der Waals surface area contributed by atoms with E-state index in [1.165, 1.54) is 16.8 Å². The van der Waals surface area contributed by atoms with Gasteiger partial charge >= 0.3 is 0 Å². The van der Waals surface area contributed by atoms with Crippen LogP contribution in [0.5, 0.6) is 0 Å². The molecule has 0 saturated carbocycles. The molecule has 3 nitrogen and oxygen atoms in total. The minimum atomic E-state index is -0.0847. The highest BCUT2D eigenvalue weighted by molar-refractivity contribution is 5.84. The molecule has 1 aromatic rings. The SMILES string of the molecule is Cc1cccc(C)c1N1C=NCNC1(C)C. The molecular formula is C13H19N3. The normalized spacial score (nSPS) is 18.9. The lowest BCUT2D eigenvalue weighted by Gasteiger charge is -2.41. The summed E-state index contributed by atoms with van der Waals surface area (Å²) in [6, 6.07) is 6.37. The van der Waals surface area contributed by atoms with E-state index in [9.17, 15) is 0 Å². The van der Waals surface area contributed by atoms with Crippen LogP contribution in [-0.4, -0.2) is 18.7 Å². The van der Waals surface area contributed by atoms with Crippen LogP contribution in [0.4, 0.5) is 5.69 Å². The highest BCUT2D eigenvalue weighted by atomic mass is 15.4. The Bertz CT molecular complexity index is 401. The number of benzene rings is 1. The molecule has 0 spiro atoms. The number of para-hydroxylation sites is 1. The lowest BCUT2D eigenvalue weighted by molar-refractivity contribution is 0.398. The van der Waals surface area contributed by atoms with Crippen LogP contribution < -0.4 is 10.2 Å². The van der Waals surface area contributed by atoms with Gasteiger partial charge in [-0.1, -0.05) is 18.2 Å². The van der Waals surface area contributed by atoms with Crippen LogP contribution in [0.25, 0.3) is 0 Å². The van der Waals surface area contributed by atoms with Crippen LogP contribution >= 0.6 is 0 Å². The number of rotatable bonds is 1. The van der Waals surface area contributed by atoms with E-state index in [-0.39, 0.29) is 5.66 Å². The Morgan fingerprint density at radius 1 is 1.25 bits per heavy atom. The van der Waals surface area contributed by atoms with Crippen LogP contribution in [0.1, 0.15) is 25.0 Å². The van der Waals surface area contributed by atoms with Gasteiger partial charge in [-0.2, -0.15) is 0 Å². The van der Waals surface area contributed by atoms with Crippen molar-refractivity contribution in [1.82, 2.24) is 5.32 Å². The lowest BCUT2D eigenvalue weighted by atomic mass is 10.0. The van der Waals surface area contributed by atoms with Gasteiger partial charge in [0.25, 0.3) is 0 Å². The third kappa shape index (κ3) is 1.83. The molecule has 3 heteroatoms. The fourth-order valence-electron chi connectivity index (χ4n) is 2.11. The van der Waals surface area contributed by atoms with E-state index in [4.69, 9.17) is 0 Å². The van der Waals surface area contributed by atoms with Crippen molar-refractivity contribution in [3.05, 3.63) is 29.3 Å². The van der Waals surface area contributed by atoms with Crippen molar-refractivity contribution >= 4 is 12.0 Å². The number of hydrogen-bond acceptors (Lipinski definition) is 3. The zero-order valence-corrected chi connectivity index (χ0v) is 10.4. The summed E-state index contributed by atoms with van der Waals surface area (Å²) in [5.41, 5.74) is 3.73. The lowest BCUT2D eigenvalue weighted by Crippen LogP contribution is -2.57. The summed E-state index contributed by atoms with van der Waals surface area (Å²) in [4.78, 5) is 6.51. The predicted molar refractivity (Wildman–Crippen MR) is 69.0 cm³/mol. The van der Waals surface area contributed by atoms with Gasteiger partial charge in [-0.15, -0.1) is 0 Å². The number of anilines is 1. The first-order chi connectivity index (χ1) is 7.52. The van der Waals surface area contributed by atoms with Gasteiger partial charge in [0.1, 0.15) is 0 Å². The van der Waals surface area contributed by atoms with Gasteiger partial charge < -0.3 is 4.90 Å². The molecule has 0 unspecified atom stereocenters. The Morgan fingerprint density at radius 3 is 2.44 bits per heavy atom. The van der Waals surface area contributed by atoms with E-state index in [2.05, 4.69) is 61.1 Å². The van der Waals surface area contributed by atoms with Crippen LogP contribution in [0.3, 0.4) is 0 Å². The zero-order chi connectivity index (χ0) is 11.8. The fourth-order valence-corrected chi connectivity index (χ4v) is 2.11. The summed E-state index contributed by atoms with van der Waals surface area (Å²) < 4.78 is 0. The Hall–Kier alpha value is -1.35. The van der Waals surface area contributed by atoms with E-state index in [1.54, 1.807) is 0 Å². The smallest absolute Gasteiger partial charge is 0.0925 e. The molecule has 1 aromatic carbocycles. The van der Waals surface area contributed by atoms with Crippen LogP contribution in [0.2, 0.25) is 0 Å². The van der Waals surface area contributed by atoms with Crippen LogP contribution in [-0.2, 0) is 0 Å². The molecule has 0 fully saturated rings. The number of hydrogen-bond donors (Lipinski definition) is 1. The number of nitrogens with one attached hydrogen (secondary N) is 1. The second-order valence-corrected chi connectivity index (χ2v) is 4.80. The Morgan fingerprint density at radius 2 is 1.88 bits per heavy atom. The molecule has 0 aliphatic carbocycles. The standard InChI is InChI=1S/C13H19N3/c1-10-6-5-7-11(2)12(10)16-9-14-8-15-13(16,3)4/h5-7,9,15H,8H2,1-4H3. The quantitative estimate of drug-likeness (QED) is 0.782. The second-order valence-electron chi connectivity index (χ2n) is 4.80. The van der Waals surface area contributed by atoms with Crippen molar-refractivity contribution in [2.24, 2.45) is 4.99 Å². The van der Waals surface area contributed by atoms with Gasteiger partial charge in [-0.25, -0.2) is 0 Å². The van der Waals surface area contributed by atoms with Gasteiger partial charge in [-0.3, -0.25) is 10.3 Å². The maximum atomic E-state index is 4.30. The molecule has 1 N–H and O–H groups in total. The summed E-state index contributed by atoms with van der Waals surface area (Å²) in [5, 5.41) is 3.39. The van der Waals surface area contributed by atoms with E-state index >= 15 is 0 Å². The Labute approximate surface area is 97.2 Å². The second kappa shape index (κ2) is 3.91. The molecule has 1 aliphatic heterocycles. The topological polar surface area (TPSA) is 27.6 Å². The van der Waals surface area contributed by atoms with Gasteiger partial charge in [0.05, 0.1) is 18.7 Å². The molecule has 0 saturated heterocycles. The molecule has 0 amide bonds. The molecule has 0 aromatic heterocycles. The van der Waals surface area contributed by atoms with E-state index in [0.29, 0.717) is 6.67 Å². The molecular weight excluding hydrogens is 198 g/mol. The van der Waals surface area contributed by atoms with E-state index in [1.807, 2.05) is 6.34 Å². The third-order valence-corrected chi connectivity index (χ3v) is 3.08. The molecule has 86 valence electrons. The van der Waals surface area contributed by atoms with Gasteiger partial charge in [0, 0.05) is 5.69 Å². The molecule has 0 radical (unpaired) electrons. The molecule has 0 bridgehead atoms. The van der Waals surface area contributed by atoms with E-state index in [0.717, 1.165) is 0 Å². The highest BCUT2D eigenvalue weighted by Gasteiger charge is 2.29. The van der Waals surface area contributed by atoms with Crippen molar-refractivity contribution in [3.63, 3.8) is 0 Å². The van der Waals surface area contributed by atoms with Crippen molar-refractivity contribution in [1.29, 1.82) is 0 Å². The summed E-state index contributed by atoms with van der Waals surface area (Å²) in [5.74, 6) is 0. The predicted octanol–water partition coefficient (Wildman–Crippen LogP) is 2.43. The van der Waals surface area contributed by atoms with Gasteiger partial charge in [0.15, 0.2) is 0 Å². The molecule has 2 rings (SSSR count). The van der Waals surface area contributed by atoms with Crippen molar-refractivity contribution in [3.8, 4) is 0 Å². The van der Waals surface area contributed by atoms with Crippen molar-refractivity contribution in [2.45, 2.75) is 33.4 Å². The minimum absolute atomic E-state index is 0.0847. The first-order valence-corrected chi connectivity index (χ1v) is 5.63. The van der Waals surface area contributed by atoms with Crippen LogP contribution in [0, 0.1) is 13.8 Å². The van der Waals surface area contributed by atoms with Crippen LogP contribution in [0.15, 0.2) is 23.2 Å². The third-order valence-electron chi connectivity index (χ3n) is 3.08.